The Morgan fingerprint density at radius 1 is 0.717 bits per heavy atom. The van der Waals surface area contributed by atoms with Crippen LogP contribution in [0, 0.1) is 26.6 Å². The van der Waals surface area contributed by atoms with Gasteiger partial charge in [-0.1, -0.05) is 144 Å². The maximum absolute atomic E-state index is 12.3. The van der Waals surface area contributed by atoms with Gasteiger partial charge in [0.25, 0.3) is 0 Å². The van der Waals surface area contributed by atoms with Crippen LogP contribution in [0.2, 0.25) is 0 Å². The smallest absolute Gasteiger partial charge is 0.148 e. The monoisotopic (exact) mass is 980 g/mol. The molecule has 0 bridgehead atoms. The summed E-state index contributed by atoms with van der Waals surface area (Å²) in [4.78, 5) is 10.1. The summed E-state index contributed by atoms with van der Waals surface area (Å²) in [7, 11) is 0. The van der Waals surface area contributed by atoms with Crippen molar-refractivity contribution in [1.82, 2.24) is 14.5 Å². The fraction of sp³-hybridized carbons (Fsp3) is 0.236. The van der Waals surface area contributed by atoms with Crippen molar-refractivity contribution in [2.75, 3.05) is 0 Å². The number of rotatable bonds is 8. The van der Waals surface area contributed by atoms with Gasteiger partial charge in [0.1, 0.15) is 11.6 Å². The number of phenolic OH excluding ortho intramolecular Hbond substituents is 1. The third kappa shape index (κ3) is 8.15. The van der Waals surface area contributed by atoms with Crippen molar-refractivity contribution < 1.29 is 44.0 Å². The second-order valence-corrected chi connectivity index (χ2v) is 16.7. The number of fused-ring (bicyclic) bond motifs is 1. The van der Waals surface area contributed by atoms with E-state index < -0.39 is 55.7 Å². The van der Waals surface area contributed by atoms with E-state index in [4.69, 9.17) is 22.8 Å². The average Bonchev–Trinajstić information content (AvgIpc) is 3.69. The minimum atomic E-state index is -2.87. The van der Waals surface area contributed by atoms with Crippen molar-refractivity contribution >= 4 is 11.0 Å². The Hall–Kier alpha value is -5.57. The second kappa shape index (κ2) is 16.8. The van der Waals surface area contributed by atoms with Gasteiger partial charge in [0.2, 0.25) is 0 Å². The number of aromatic hydroxyl groups is 1. The first-order valence-electron chi connectivity index (χ1n) is 26.3. The van der Waals surface area contributed by atoms with Crippen LogP contribution in [0.15, 0.2) is 127 Å². The molecule has 4 nitrogen and oxygen atoms in total. The minimum absolute atomic E-state index is 0. The van der Waals surface area contributed by atoms with Gasteiger partial charge >= 0.3 is 0 Å². The van der Waals surface area contributed by atoms with E-state index in [1.54, 1.807) is 53.1 Å². The maximum atomic E-state index is 12.3. The van der Waals surface area contributed by atoms with E-state index in [1.807, 2.05) is 56.3 Å². The fourth-order valence-corrected chi connectivity index (χ4v) is 7.46. The van der Waals surface area contributed by atoms with E-state index in [0.29, 0.717) is 55.8 Å². The number of imidazole rings is 1. The molecular formula is C55H54N3OPt-. The Kier molecular flexibility index (Phi) is 8.08. The molecule has 0 aliphatic carbocycles. The van der Waals surface area contributed by atoms with Gasteiger partial charge in [-0.05, 0) is 113 Å². The SMILES string of the molecule is [2H]c1c([2H])c(C([2H])([2H])[2H])c([2H])c([2H])c1-c1ccnc(-c2[c-]c(-c3cccc4c3nc(-c3cc(C(C)C)cc(C(C)C)c3O)n4-c3cc(-c4ccccc4)c(C([2H])([2H])[2H])c(C([2H])([2H])[2H])c3)cc(C(C)(C)C)c2)c1.[Pt]. The number of para-hydroxylation sites is 1. The molecule has 0 amide bonds. The first-order chi connectivity index (χ1) is 33.5. The molecule has 5 heteroatoms. The molecule has 0 aliphatic rings. The number of aryl methyl sites for hydroxylation is 1. The second-order valence-electron chi connectivity index (χ2n) is 16.7. The number of hydrogen-bond donors (Lipinski definition) is 1. The van der Waals surface area contributed by atoms with Crippen LogP contribution in [0.1, 0.15) is 112 Å². The van der Waals surface area contributed by atoms with Crippen molar-refractivity contribution in [3.05, 3.63) is 167 Å². The van der Waals surface area contributed by atoms with Gasteiger partial charge in [0.15, 0.2) is 0 Å². The van der Waals surface area contributed by atoms with E-state index >= 15 is 0 Å². The molecule has 8 aromatic rings. The predicted molar refractivity (Wildman–Crippen MR) is 248 cm³/mol. The van der Waals surface area contributed by atoms with Crippen LogP contribution in [-0.4, -0.2) is 19.6 Å². The zero-order valence-electron chi connectivity index (χ0n) is 47.6. The largest absolute Gasteiger partial charge is 0.507 e. The third-order valence-corrected chi connectivity index (χ3v) is 10.8. The number of aromatic nitrogens is 3. The van der Waals surface area contributed by atoms with E-state index in [9.17, 15) is 5.11 Å². The van der Waals surface area contributed by atoms with Gasteiger partial charge < -0.3 is 5.11 Å². The van der Waals surface area contributed by atoms with Crippen LogP contribution in [0.4, 0.5) is 0 Å². The normalized spacial score (nSPS) is 15.5. The number of phenols is 1. The van der Waals surface area contributed by atoms with Crippen molar-refractivity contribution in [3.63, 3.8) is 0 Å². The van der Waals surface area contributed by atoms with Crippen LogP contribution < -0.4 is 0 Å². The topological polar surface area (TPSA) is 50.9 Å². The molecule has 0 fully saturated rings. The first kappa shape index (κ1) is 28.8. The number of pyridine rings is 1. The molecule has 6 aromatic carbocycles. The van der Waals surface area contributed by atoms with Crippen LogP contribution in [0.5, 0.6) is 5.75 Å². The Labute approximate surface area is 389 Å². The summed E-state index contributed by atoms with van der Waals surface area (Å²) in [6, 6.07) is 29.7. The summed E-state index contributed by atoms with van der Waals surface area (Å²) in [6.45, 7) is 5.68. The van der Waals surface area contributed by atoms with Crippen LogP contribution in [-0.2, 0) is 26.5 Å². The Morgan fingerprint density at radius 3 is 2.17 bits per heavy atom. The van der Waals surface area contributed by atoms with Crippen molar-refractivity contribution in [3.8, 4) is 67.5 Å². The molecule has 0 unspecified atom stereocenters. The van der Waals surface area contributed by atoms with Gasteiger partial charge in [-0.2, -0.15) is 0 Å². The molecule has 0 saturated heterocycles. The van der Waals surface area contributed by atoms with E-state index in [0.717, 1.165) is 11.1 Å². The van der Waals surface area contributed by atoms with Gasteiger partial charge in [-0.25, -0.2) is 4.98 Å². The zero-order valence-corrected chi connectivity index (χ0v) is 36.8. The maximum Gasteiger partial charge on any atom is 0.148 e. The average molecular weight is 981 g/mol. The van der Waals surface area contributed by atoms with Crippen LogP contribution in [0.3, 0.4) is 0 Å². The van der Waals surface area contributed by atoms with Crippen LogP contribution >= 0.6 is 0 Å². The molecule has 60 heavy (non-hydrogen) atoms. The number of hydrogen-bond acceptors (Lipinski definition) is 3. The molecule has 0 spiro atoms. The van der Waals surface area contributed by atoms with Gasteiger partial charge in [-0.3, -0.25) is 9.55 Å². The van der Waals surface area contributed by atoms with Crippen LogP contribution in [0.25, 0.3) is 72.7 Å². The Morgan fingerprint density at radius 2 is 1.48 bits per heavy atom. The van der Waals surface area contributed by atoms with E-state index in [-0.39, 0.29) is 72.3 Å². The van der Waals surface area contributed by atoms with Crippen molar-refractivity contribution in [2.45, 2.75) is 86.3 Å². The molecular weight excluding hydrogens is 914 g/mol. The quantitative estimate of drug-likeness (QED) is 0.154. The number of benzene rings is 6. The zero-order chi connectivity index (χ0) is 52.7. The van der Waals surface area contributed by atoms with E-state index in [1.165, 1.54) is 12.3 Å². The van der Waals surface area contributed by atoms with Gasteiger partial charge in [-0.15, -0.1) is 29.3 Å². The van der Waals surface area contributed by atoms with E-state index in [2.05, 4.69) is 45.7 Å². The Balaban J connectivity index is 0.00000780. The standard InChI is InChI=1S/C55H54N3O.Pt/c1-33(2)41-29-47(34(3)4)53(59)49(30-41)54-57-52-46(17-14-18-51(52)58(54)45-25-36(6)37(7)48(32-45)39-15-12-11-13-16-39)42-26-43(28-44(27-42)55(8,9)10)50-31-40(23-24-56-50)38-21-19-35(5)20-22-38;/h11-25,27-34,59H,1-10H3;/q-1;/i5D3,6D3,7D3,19D,20D,21D,22D;. The molecule has 2 aromatic heterocycles. The fourth-order valence-electron chi connectivity index (χ4n) is 7.46. The molecule has 0 aliphatic heterocycles. The molecule has 306 valence electrons. The number of nitrogens with zero attached hydrogens (tertiary/aromatic N) is 3. The molecule has 1 N–H and O–H groups in total. The van der Waals surface area contributed by atoms with Crippen molar-refractivity contribution in [2.24, 2.45) is 0 Å². The van der Waals surface area contributed by atoms with Crippen molar-refractivity contribution in [1.29, 1.82) is 0 Å². The van der Waals surface area contributed by atoms with Gasteiger partial charge in [0.05, 0.1) is 22.1 Å². The third-order valence-electron chi connectivity index (χ3n) is 10.8. The Bertz CT molecular complexity index is 3390. The molecule has 2 heterocycles. The summed E-state index contributed by atoms with van der Waals surface area (Å²) in [5, 5.41) is 12.3. The summed E-state index contributed by atoms with van der Waals surface area (Å²) in [5.74, 6) is 0.217. The molecule has 8 rings (SSSR count). The van der Waals surface area contributed by atoms with Gasteiger partial charge in [0, 0.05) is 51.0 Å². The summed E-state index contributed by atoms with van der Waals surface area (Å²) in [6.07, 6.45) is 1.48. The molecule has 0 atom stereocenters. The summed E-state index contributed by atoms with van der Waals surface area (Å²) >= 11 is 0. The first-order valence-corrected chi connectivity index (χ1v) is 19.8. The summed E-state index contributed by atoms with van der Waals surface area (Å²) < 4.78 is 112. The predicted octanol–water partition coefficient (Wildman–Crippen LogP) is 14.7. The molecule has 0 saturated carbocycles. The minimum Gasteiger partial charge on any atom is -0.507 e. The molecule has 0 radical (unpaired) electrons. The summed E-state index contributed by atoms with van der Waals surface area (Å²) in [5.41, 5.74) is 5.43.